The van der Waals surface area contributed by atoms with E-state index in [0.717, 1.165) is 37.1 Å². The summed E-state index contributed by atoms with van der Waals surface area (Å²) in [5, 5.41) is 5.86. The van der Waals surface area contributed by atoms with Gasteiger partial charge in [-0.05, 0) is 49.6 Å². The molecule has 9 heteroatoms. The molecule has 0 bridgehead atoms. The lowest BCUT2D eigenvalue weighted by molar-refractivity contribution is -0.137. The third-order valence-electron chi connectivity index (χ3n) is 5.79. The van der Waals surface area contributed by atoms with E-state index in [9.17, 15) is 18.0 Å². The molecule has 1 amide bonds. The van der Waals surface area contributed by atoms with Crippen molar-refractivity contribution in [3.8, 4) is 0 Å². The molecule has 1 aliphatic rings. The Morgan fingerprint density at radius 2 is 1.94 bits per heavy atom. The quantitative estimate of drug-likeness (QED) is 0.527. The highest BCUT2D eigenvalue weighted by atomic mass is 19.4. The van der Waals surface area contributed by atoms with Gasteiger partial charge in [-0.2, -0.15) is 18.2 Å². The van der Waals surface area contributed by atoms with E-state index in [4.69, 9.17) is 0 Å². The molecule has 1 aromatic heterocycles. The zero-order valence-electron chi connectivity index (χ0n) is 18.8. The largest absolute Gasteiger partial charge is 0.416 e. The summed E-state index contributed by atoms with van der Waals surface area (Å²) < 4.78 is 39.0. The molecule has 3 aromatic rings. The van der Waals surface area contributed by atoms with Crippen molar-refractivity contribution >= 4 is 23.4 Å². The number of nitrogens with zero attached hydrogens (tertiary/aromatic N) is 3. The van der Waals surface area contributed by atoms with Crippen LogP contribution in [-0.2, 0) is 17.5 Å². The second-order valence-electron chi connectivity index (χ2n) is 8.43. The van der Waals surface area contributed by atoms with E-state index in [2.05, 4.69) is 20.6 Å². The zero-order valence-corrected chi connectivity index (χ0v) is 18.8. The third kappa shape index (κ3) is 6.03. The number of anilines is 3. The number of rotatable bonds is 6. The van der Waals surface area contributed by atoms with Gasteiger partial charge in [-0.15, -0.1) is 0 Å². The third-order valence-corrected chi connectivity index (χ3v) is 5.79. The number of alkyl halides is 3. The average Bonchev–Trinajstić information content (AvgIpc) is 2.83. The predicted molar refractivity (Wildman–Crippen MR) is 125 cm³/mol. The molecular weight excluding hydrogens is 443 g/mol. The topological polar surface area (TPSA) is 70.2 Å². The first-order valence-electron chi connectivity index (χ1n) is 11.1. The van der Waals surface area contributed by atoms with Gasteiger partial charge in [0.2, 0.25) is 11.9 Å². The van der Waals surface area contributed by atoms with Gasteiger partial charge >= 0.3 is 6.18 Å². The smallest absolute Gasteiger partial charge is 0.356 e. The SMILES string of the molecule is Cc1ccc(CNC(=O)[C@H]2CCCN(c3ccnc(Nc4cccc(C(F)(F)F)c4)n3)C2)cc1. The molecule has 6 nitrogen and oxygen atoms in total. The summed E-state index contributed by atoms with van der Waals surface area (Å²) in [6.07, 6.45) is -1.25. The number of aryl methyl sites for hydroxylation is 1. The standard InChI is InChI=1S/C25H26F3N5O/c1-17-7-9-18(10-8-17)15-30-23(34)19-4-3-13-33(16-19)22-11-12-29-24(32-22)31-21-6-2-5-20(14-21)25(26,27)28/h2,5-12,14,19H,3-4,13,15-16H2,1H3,(H,30,34)(H,29,31,32)/t19-/m0/s1. The van der Waals surface area contributed by atoms with Crippen LogP contribution in [0.3, 0.4) is 0 Å². The van der Waals surface area contributed by atoms with Gasteiger partial charge in [0, 0.05) is 31.5 Å². The summed E-state index contributed by atoms with van der Waals surface area (Å²) in [7, 11) is 0. The molecule has 0 aliphatic carbocycles. The Bertz CT molecular complexity index is 1130. The molecule has 0 saturated carbocycles. The number of piperidine rings is 1. The second-order valence-corrected chi connectivity index (χ2v) is 8.43. The first-order valence-corrected chi connectivity index (χ1v) is 11.1. The molecule has 34 heavy (non-hydrogen) atoms. The lowest BCUT2D eigenvalue weighted by Crippen LogP contribution is -2.43. The van der Waals surface area contributed by atoms with E-state index in [1.165, 1.54) is 17.7 Å². The van der Waals surface area contributed by atoms with E-state index in [-0.39, 0.29) is 23.5 Å². The summed E-state index contributed by atoms with van der Waals surface area (Å²) >= 11 is 0. The van der Waals surface area contributed by atoms with Gasteiger partial charge in [0.15, 0.2) is 0 Å². The van der Waals surface area contributed by atoms with E-state index in [0.29, 0.717) is 18.9 Å². The molecule has 2 aromatic carbocycles. The Morgan fingerprint density at radius 1 is 1.15 bits per heavy atom. The van der Waals surface area contributed by atoms with E-state index < -0.39 is 11.7 Å². The number of carbonyl (C=O) groups excluding carboxylic acids is 1. The number of carbonyl (C=O) groups is 1. The molecule has 2 N–H and O–H groups in total. The van der Waals surface area contributed by atoms with Crippen LogP contribution in [0.25, 0.3) is 0 Å². The Kier molecular flexibility index (Phi) is 7.00. The lowest BCUT2D eigenvalue weighted by atomic mass is 9.97. The summed E-state index contributed by atoms with van der Waals surface area (Å²) in [5.74, 6) is 0.652. The molecular formula is C25H26F3N5O. The highest BCUT2D eigenvalue weighted by Gasteiger charge is 2.30. The highest BCUT2D eigenvalue weighted by Crippen LogP contribution is 2.31. The molecule has 1 saturated heterocycles. The van der Waals surface area contributed by atoms with Crippen LogP contribution in [0.2, 0.25) is 0 Å². The Labute approximate surface area is 196 Å². The molecule has 0 radical (unpaired) electrons. The van der Waals surface area contributed by atoms with Crippen LogP contribution in [0, 0.1) is 12.8 Å². The normalized spacial score (nSPS) is 16.2. The number of halogens is 3. The lowest BCUT2D eigenvalue weighted by Gasteiger charge is -2.33. The first kappa shape index (κ1) is 23.5. The summed E-state index contributed by atoms with van der Waals surface area (Å²) in [6, 6.07) is 14.7. The number of aromatic nitrogens is 2. The maximum absolute atomic E-state index is 13.0. The van der Waals surface area contributed by atoms with Crippen LogP contribution in [0.4, 0.5) is 30.6 Å². The van der Waals surface area contributed by atoms with Crippen LogP contribution in [0.15, 0.2) is 60.8 Å². The Hall–Kier alpha value is -3.62. The van der Waals surface area contributed by atoms with Crippen LogP contribution >= 0.6 is 0 Å². The minimum absolute atomic E-state index is 0.00152. The van der Waals surface area contributed by atoms with Crippen molar-refractivity contribution in [3.63, 3.8) is 0 Å². The molecule has 1 aliphatic heterocycles. The molecule has 0 spiro atoms. The number of nitrogens with one attached hydrogen (secondary N) is 2. The van der Waals surface area contributed by atoms with Gasteiger partial charge in [-0.1, -0.05) is 35.9 Å². The van der Waals surface area contributed by atoms with Gasteiger partial charge in [-0.3, -0.25) is 4.79 Å². The highest BCUT2D eigenvalue weighted by molar-refractivity contribution is 5.79. The summed E-state index contributed by atoms with van der Waals surface area (Å²) in [5.41, 5.74) is 1.72. The maximum Gasteiger partial charge on any atom is 0.416 e. The maximum atomic E-state index is 13.0. The van der Waals surface area contributed by atoms with Crippen molar-refractivity contribution in [1.29, 1.82) is 0 Å². The van der Waals surface area contributed by atoms with Crippen molar-refractivity contribution in [1.82, 2.24) is 15.3 Å². The Balaban J connectivity index is 1.39. The first-order chi connectivity index (χ1) is 16.3. The van der Waals surface area contributed by atoms with Gasteiger partial charge in [0.1, 0.15) is 5.82 Å². The number of amides is 1. The molecule has 1 atom stereocenters. The monoisotopic (exact) mass is 469 g/mol. The number of hydrogen-bond donors (Lipinski definition) is 2. The van der Waals surface area contributed by atoms with Gasteiger partial charge < -0.3 is 15.5 Å². The zero-order chi connectivity index (χ0) is 24.1. The summed E-state index contributed by atoms with van der Waals surface area (Å²) in [4.78, 5) is 23.4. The van der Waals surface area contributed by atoms with Crippen LogP contribution < -0.4 is 15.5 Å². The number of benzene rings is 2. The van der Waals surface area contributed by atoms with Crippen molar-refractivity contribution < 1.29 is 18.0 Å². The van der Waals surface area contributed by atoms with Gasteiger partial charge in [0.05, 0.1) is 11.5 Å². The molecule has 0 unspecified atom stereocenters. The fourth-order valence-corrected chi connectivity index (χ4v) is 3.93. The molecule has 2 heterocycles. The predicted octanol–water partition coefficient (Wildman–Crippen LogP) is 5.08. The van der Waals surface area contributed by atoms with Crippen molar-refractivity contribution in [2.75, 3.05) is 23.3 Å². The minimum Gasteiger partial charge on any atom is -0.356 e. The van der Waals surface area contributed by atoms with Gasteiger partial charge in [-0.25, -0.2) is 4.98 Å². The van der Waals surface area contributed by atoms with Crippen LogP contribution in [0.5, 0.6) is 0 Å². The van der Waals surface area contributed by atoms with E-state index in [1.807, 2.05) is 36.1 Å². The molecule has 4 rings (SSSR count). The van der Waals surface area contributed by atoms with E-state index in [1.54, 1.807) is 12.3 Å². The van der Waals surface area contributed by atoms with Crippen molar-refractivity contribution in [2.24, 2.45) is 5.92 Å². The molecule has 1 fully saturated rings. The average molecular weight is 470 g/mol. The fraction of sp³-hybridized carbons (Fsp3) is 0.320. The van der Waals surface area contributed by atoms with Gasteiger partial charge in [0.25, 0.3) is 0 Å². The molecule has 178 valence electrons. The van der Waals surface area contributed by atoms with E-state index >= 15 is 0 Å². The van der Waals surface area contributed by atoms with Crippen LogP contribution in [0.1, 0.15) is 29.5 Å². The summed E-state index contributed by atoms with van der Waals surface area (Å²) in [6.45, 7) is 3.75. The Morgan fingerprint density at radius 3 is 2.71 bits per heavy atom. The van der Waals surface area contributed by atoms with Crippen molar-refractivity contribution in [2.45, 2.75) is 32.5 Å². The minimum atomic E-state index is -4.43. The van der Waals surface area contributed by atoms with Crippen LogP contribution in [-0.4, -0.2) is 29.0 Å². The second kappa shape index (κ2) is 10.1. The van der Waals surface area contributed by atoms with Crippen molar-refractivity contribution in [3.05, 3.63) is 77.5 Å². The fourth-order valence-electron chi connectivity index (χ4n) is 3.93. The number of hydrogen-bond acceptors (Lipinski definition) is 5.